The Balaban J connectivity index is 2.70. The van der Waals surface area contributed by atoms with Gasteiger partial charge in [0.05, 0.1) is 0 Å². The average Bonchev–Trinajstić information content (AvgIpc) is 2.40. The molecule has 1 aromatic carbocycles. The highest BCUT2D eigenvalue weighted by Crippen LogP contribution is 2.13. The number of benzene rings is 1. The lowest BCUT2D eigenvalue weighted by Crippen LogP contribution is -2.43. The molecule has 0 fully saturated rings. The Labute approximate surface area is 108 Å². The summed E-state index contributed by atoms with van der Waals surface area (Å²) in [4.78, 5) is 13.7. The second-order valence-electron chi connectivity index (χ2n) is 3.97. The average molecular weight is 251 g/mol. The van der Waals surface area contributed by atoms with Gasteiger partial charge in [0.25, 0.3) is 0 Å². The standard InChI is InChI=1S/C14H21NO3/c1-4-11-15(13(5-2)17-3)14(16)18-12-9-7-6-8-10-12/h6-10,13H,4-5,11H2,1-3H3. The summed E-state index contributed by atoms with van der Waals surface area (Å²) in [5, 5.41) is 0. The van der Waals surface area contributed by atoms with Crippen molar-refractivity contribution in [2.24, 2.45) is 0 Å². The minimum atomic E-state index is -0.364. The Bertz CT molecular complexity index is 349. The van der Waals surface area contributed by atoms with Crippen LogP contribution in [-0.2, 0) is 4.74 Å². The van der Waals surface area contributed by atoms with Crippen LogP contribution in [0.2, 0.25) is 0 Å². The molecule has 1 aromatic rings. The van der Waals surface area contributed by atoms with E-state index in [0.29, 0.717) is 12.3 Å². The predicted octanol–water partition coefficient (Wildman–Crippen LogP) is 3.28. The third-order valence-electron chi connectivity index (χ3n) is 2.62. The van der Waals surface area contributed by atoms with Crippen molar-refractivity contribution in [2.75, 3.05) is 13.7 Å². The maximum atomic E-state index is 12.1. The number of methoxy groups -OCH3 is 1. The van der Waals surface area contributed by atoms with Crippen molar-refractivity contribution in [3.63, 3.8) is 0 Å². The Hall–Kier alpha value is -1.55. The van der Waals surface area contributed by atoms with Gasteiger partial charge in [-0.25, -0.2) is 4.79 Å². The summed E-state index contributed by atoms with van der Waals surface area (Å²) in [5.74, 6) is 0.551. The molecule has 0 heterocycles. The molecule has 0 bridgehead atoms. The van der Waals surface area contributed by atoms with Crippen LogP contribution in [0, 0.1) is 0 Å². The summed E-state index contributed by atoms with van der Waals surface area (Å²) in [6.07, 6.45) is 1.00. The molecule has 0 spiro atoms. The van der Waals surface area contributed by atoms with Gasteiger partial charge < -0.3 is 9.47 Å². The minimum Gasteiger partial charge on any atom is -0.410 e. The molecule has 1 atom stereocenters. The normalized spacial score (nSPS) is 11.9. The number of hydrogen-bond acceptors (Lipinski definition) is 3. The van der Waals surface area contributed by atoms with E-state index in [2.05, 4.69) is 0 Å². The number of para-hydroxylation sites is 1. The molecule has 100 valence electrons. The minimum absolute atomic E-state index is 0.235. The van der Waals surface area contributed by atoms with Crippen LogP contribution in [-0.4, -0.2) is 30.9 Å². The number of ether oxygens (including phenoxy) is 2. The second kappa shape index (κ2) is 7.71. The van der Waals surface area contributed by atoms with Gasteiger partial charge >= 0.3 is 6.09 Å². The van der Waals surface area contributed by atoms with Gasteiger partial charge in [-0.1, -0.05) is 32.0 Å². The highest BCUT2D eigenvalue weighted by atomic mass is 16.6. The summed E-state index contributed by atoms with van der Waals surface area (Å²) in [6.45, 7) is 4.62. The molecule has 0 aliphatic carbocycles. The lowest BCUT2D eigenvalue weighted by molar-refractivity contribution is -0.0208. The monoisotopic (exact) mass is 251 g/mol. The fourth-order valence-electron chi connectivity index (χ4n) is 1.76. The quantitative estimate of drug-likeness (QED) is 0.728. The van der Waals surface area contributed by atoms with E-state index in [4.69, 9.17) is 9.47 Å². The highest BCUT2D eigenvalue weighted by molar-refractivity contribution is 5.70. The van der Waals surface area contributed by atoms with Crippen LogP contribution >= 0.6 is 0 Å². The number of rotatable bonds is 6. The van der Waals surface area contributed by atoms with Crippen molar-refractivity contribution >= 4 is 6.09 Å². The van der Waals surface area contributed by atoms with Gasteiger partial charge in [0, 0.05) is 13.7 Å². The largest absolute Gasteiger partial charge is 0.417 e. The summed E-state index contributed by atoms with van der Waals surface area (Å²) in [6, 6.07) is 9.07. The van der Waals surface area contributed by atoms with E-state index in [0.717, 1.165) is 12.8 Å². The maximum absolute atomic E-state index is 12.1. The lowest BCUT2D eigenvalue weighted by Gasteiger charge is -2.28. The molecule has 0 aliphatic rings. The topological polar surface area (TPSA) is 38.8 Å². The molecule has 4 nitrogen and oxygen atoms in total. The zero-order valence-corrected chi connectivity index (χ0v) is 11.3. The summed E-state index contributed by atoms with van der Waals surface area (Å²) in [5.41, 5.74) is 0. The van der Waals surface area contributed by atoms with Gasteiger partial charge in [-0.15, -0.1) is 0 Å². The maximum Gasteiger partial charge on any atom is 0.417 e. The van der Waals surface area contributed by atoms with E-state index in [9.17, 15) is 4.79 Å². The molecule has 1 unspecified atom stereocenters. The van der Waals surface area contributed by atoms with Crippen LogP contribution < -0.4 is 4.74 Å². The summed E-state index contributed by atoms with van der Waals surface area (Å²) >= 11 is 0. The molecule has 1 amide bonds. The van der Waals surface area contributed by atoms with Crippen molar-refractivity contribution < 1.29 is 14.3 Å². The third kappa shape index (κ3) is 4.04. The SMILES string of the molecule is CCCN(C(=O)Oc1ccccc1)C(CC)OC. The zero-order chi connectivity index (χ0) is 13.4. The van der Waals surface area contributed by atoms with Crippen molar-refractivity contribution in [1.29, 1.82) is 0 Å². The van der Waals surface area contributed by atoms with E-state index in [1.165, 1.54) is 0 Å². The molecule has 0 saturated heterocycles. The first-order chi connectivity index (χ1) is 8.72. The Kier molecular flexibility index (Phi) is 6.22. The van der Waals surface area contributed by atoms with E-state index in [1.54, 1.807) is 24.1 Å². The Morgan fingerprint density at radius 1 is 1.28 bits per heavy atom. The molecule has 0 aromatic heterocycles. The number of hydrogen-bond donors (Lipinski definition) is 0. The number of carbonyl (C=O) groups excluding carboxylic acids is 1. The van der Waals surface area contributed by atoms with Gasteiger partial charge in [0.1, 0.15) is 12.0 Å². The summed E-state index contributed by atoms with van der Waals surface area (Å²) < 4.78 is 10.6. The highest BCUT2D eigenvalue weighted by Gasteiger charge is 2.22. The smallest absolute Gasteiger partial charge is 0.410 e. The fourth-order valence-corrected chi connectivity index (χ4v) is 1.76. The Morgan fingerprint density at radius 2 is 1.94 bits per heavy atom. The molecule has 0 aliphatic heterocycles. The molecule has 0 radical (unpaired) electrons. The van der Waals surface area contributed by atoms with Crippen LogP contribution in [0.25, 0.3) is 0 Å². The van der Waals surface area contributed by atoms with Crippen LogP contribution in [0.4, 0.5) is 4.79 Å². The van der Waals surface area contributed by atoms with E-state index < -0.39 is 0 Å². The first kappa shape index (κ1) is 14.5. The molecular weight excluding hydrogens is 230 g/mol. The molecule has 18 heavy (non-hydrogen) atoms. The number of nitrogens with zero attached hydrogens (tertiary/aromatic N) is 1. The van der Waals surface area contributed by atoms with Crippen LogP contribution in [0.1, 0.15) is 26.7 Å². The van der Waals surface area contributed by atoms with Crippen molar-refractivity contribution in [3.8, 4) is 5.75 Å². The predicted molar refractivity (Wildman–Crippen MR) is 70.6 cm³/mol. The number of carbonyl (C=O) groups is 1. The first-order valence-electron chi connectivity index (χ1n) is 6.29. The molecule has 4 heteroatoms. The lowest BCUT2D eigenvalue weighted by atomic mass is 10.3. The molecule has 0 N–H and O–H groups in total. The number of amides is 1. The van der Waals surface area contributed by atoms with Gasteiger partial charge in [-0.05, 0) is 25.0 Å². The van der Waals surface area contributed by atoms with Gasteiger partial charge in [-0.3, -0.25) is 4.90 Å². The van der Waals surface area contributed by atoms with E-state index in [1.807, 2.05) is 32.0 Å². The summed E-state index contributed by atoms with van der Waals surface area (Å²) in [7, 11) is 1.60. The second-order valence-corrected chi connectivity index (χ2v) is 3.97. The fraction of sp³-hybridized carbons (Fsp3) is 0.500. The zero-order valence-electron chi connectivity index (χ0n) is 11.3. The van der Waals surface area contributed by atoms with Crippen molar-refractivity contribution in [2.45, 2.75) is 32.9 Å². The van der Waals surface area contributed by atoms with Gasteiger partial charge in [0.2, 0.25) is 0 Å². The molecule has 1 rings (SSSR count). The Morgan fingerprint density at radius 3 is 2.44 bits per heavy atom. The third-order valence-corrected chi connectivity index (χ3v) is 2.62. The van der Waals surface area contributed by atoms with Crippen LogP contribution in [0.3, 0.4) is 0 Å². The van der Waals surface area contributed by atoms with Crippen LogP contribution in [0.15, 0.2) is 30.3 Å². The van der Waals surface area contributed by atoms with E-state index >= 15 is 0 Å². The van der Waals surface area contributed by atoms with Crippen molar-refractivity contribution in [3.05, 3.63) is 30.3 Å². The van der Waals surface area contributed by atoms with Gasteiger partial charge in [0.15, 0.2) is 0 Å². The van der Waals surface area contributed by atoms with Gasteiger partial charge in [-0.2, -0.15) is 0 Å². The van der Waals surface area contributed by atoms with Crippen molar-refractivity contribution in [1.82, 2.24) is 4.90 Å². The molecular formula is C14H21NO3. The molecule has 0 saturated carbocycles. The van der Waals surface area contributed by atoms with E-state index in [-0.39, 0.29) is 12.3 Å². The first-order valence-corrected chi connectivity index (χ1v) is 6.29. The van der Waals surface area contributed by atoms with Crippen LogP contribution in [0.5, 0.6) is 5.75 Å².